The van der Waals surface area contributed by atoms with Gasteiger partial charge < -0.3 is 11.1 Å². The summed E-state index contributed by atoms with van der Waals surface area (Å²) in [5.74, 6) is -0.323. The van der Waals surface area contributed by atoms with E-state index in [9.17, 15) is 26.4 Å². The summed E-state index contributed by atoms with van der Waals surface area (Å²) >= 11 is 0. The van der Waals surface area contributed by atoms with E-state index in [1.54, 1.807) is 0 Å². The maximum atomic E-state index is 15.5. The number of hydrogen-bond donors (Lipinski definition) is 2. The van der Waals surface area contributed by atoms with Crippen LogP contribution in [0.15, 0.2) is 35.5 Å². The molecule has 0 bridgehead atoms. The summed E-state index contributed by atoms with van der Waals surface area (Å²) in [5.41, 5.74) is -0.606. The van der Waals surface area contributed by atoms with Gasteiger partial charge in [0, 0.05) is 23.0 Å². The quantitative estimate of drug-likeness (QED) is 0.501. The number of sulfone groups is 1. The number of benzene rings is 1. The number of nitrogens with one attached hydrogen (secondary N) is 1. The van der Waals surface area contributed by atoms with E-state index in [1.807, 2.05) is 5.92 Å². The number of aliphatic imine (C=N–C) groups is 1. The second-order valence-electron chi connectivity index (χ2n) is 8.15. The van der Waals surface area contributed by atoms with Gasteiger partial charge in [0.2, 0.25) is 5.50 Å². The van der Waals surface area contributed by atoms with Crippen LogP contribution >= 0.6 is 0 Å². The number of pyridine rings is 1. The van der Waals surface area contributed by atoms with E-state index < -0.39 is 55.2 Å². The highest BCUT2D eigenvalue weighted by Crippen LogP contribution is 2.54. The molecule has 1 aromatic heterocycles. The Bertz CT molecular complexity index is 1380. The number of alkyl halides is 3. The van der Waals surface area contributed by atoms with Crippen molar-refractivity contribution in [2.75, 3.05) is 5.32 Å². The summed E-state index contributed by atoms with van der Waals surface area (Å²) in [6.07, 6.45) is 3.73. The van der Waals surface area contributed by atoms with Gasteiger partial charge in [-0.1, -0.05) is 5.92 Å². The molecule has 1 aromatic carbocycles. The first-order valence-electron chi connectivity index (χ1n) is 9.97. The highest BCUT2D eigenvalue weighted by atomic mass is 32.2. The highest BCUT2D eigenvalue weighted by molar-refractivity contribution is 7.94. The Balaban J connectivity index is 1.74. The maximum absolute atomic E-state index is 15.5. The number of halogens is 4. The number of amidine groups is 1. The molecule has 2 aliphatic rings. The van der Waals surface area contributed by atoms with Crippen LogP contribution in [0.4, 0.5) is 23.2 Å². The molecule has 3 N–H and O–H groups in total. The lowest BCUT2D eigenvalue weighted by Crippen LogP contribution is -2.55. The van der Waals surface area contributed by atoms with E-state index in [0.29, 0.717) is 0 Å². The summed E-state index contributed by atoms with van der Waals surface area (Å²) in [5, 5.41) is 2.40. The number of carbonyl (C=O) groups is 1. The predicted octanol–water partition coefficient (Wildman–Crippen LogP) is 3.16. The van der Waals surface area contributed by atoms with Crippen molar-refractivity contribution in [3.63, 3.8) is 0 Å². The summed E-state index contributed by atoms with van der Waals surface area (Å²) in [6.45, 7) is 1.41. The number of aromatic nitrogens is 1. The second kappa shape index (κ2) is 7.80. The van der Waals surface area contributed by atoms with Crippen LogP contribution in [0, 0.1) is 25.1 Å². The number of nitrogens with zero attached hydrogens (tertiary/aromatic N) is 2. The molecule has 0 saturated heterocycles. The highest BCUT2D eigenvalue weighted by Gasteiger charge is 2.68. The number of amides is 1. The van der Waals surface area contributed by atoms with Crippen LogP contribution in [-0.4, -0.2) is 35.4 Å². The molecular weight excluding hydrogens is 476 g/mol. The molecule has 1 spiro atoms. The van der Waals surface area contributed by atoms with Crippen LogP contribution < -0.4 is 11.1 Å². The first kappa shape index (κ1) is 23.7. The molecule has 1 fully saturated rings. The van der Waals surface area contributed by atoms with Crippen molar-refractivity contribution in [1.29, 1.82) is 0 Å². The van der Waals surface area contributed by atoms with Gasteiger partial charge in [-0.05, 0) is 49.6 Å². The molecular formula is C22H18F4N4O3S. The van der Waals surface area contributed by atoms with Crippen LogP contribution in [0.2, 0.25) is 0 Å². The van der Waals surface area contributed by atoms with E-state index in [-0.39, 0.29) is 35.3 Å². The minimum atomic E-state index is -4.55. The topological polar surface area (TPSA) is 115 Å². The Morgan fingerprint density at radius 3 is 2.56 bits per heavy atom. The standard InChI is InChI=1S/C22H18F4N4O3S/c1-3-22(19(26)34(32,33)21(6-7-21)20(27)30-22)14-9-13(4-5-15(14)23)29-18(31)16-11(2)8-12(10-28-16)17(24)25/h1,4-5,8-10,17,19H,6-7H2,2H3,(H2,27,30)(H,29,31)/t19?,22-/m1/s1. The molecule has 1 amide bonds. The molecule has 2 heterocycles. The lowest BCUT2D eigenvalue weighted by Gasteiger charge is -2.36. The molecule has 4 rings (SSSR count). The van der Waals surface area contributed by atoms with Gasteiger partial charge in [0.15, 0.2) is 15.4 Å². The average molecular weight is 494 g/mol. The third kappa shape index (κ3) is 3.34. The fourth-order valence-electron chi connectivity index (χ4n) is 3.96. The van der Waals surface area contributed by atoms with E-state index >= 15 is 4.39 Å². The monoisotopic (exact) mass is 494 g/mol. The first-order valence-corrected chi connectivity index (χ1v) is 11.5. The molecule has 1 aliphatic heterocycles. The molecule has 12 heteroatoms. The van der Waals surface area contributed by atoms with Crippen molar-refractivity contribution in [3.05, 3.63) is 58.7 Å². The third-order valence-corrected chi connectivity index (χ3v) is 8.63. The fraction of sp³-hybridized carbons (Fsp3) is 0.318. The largest absolute Gasteiger partial charge is 0.386 e. The Kier molecular flexibility index (Phi) is 5.43. The Morgan fingerprint density at radius 1 is 1.32 bits per heavy atom. The van der Waals surface area contributed by atoms with Crippen molar-refractivity contribution < 1.29 is 30.8 Å². The summed E-state index contributed by atoms with van der Waals surface area (Å²) in [4.78, 5) is 20.3. The Morgan fingerprint density at radius 2 is 2.00 bits per heavy atom. The third-order valence-electron chi connectivity index (χ3n) is 6.03. The molecule has 2 aromatic rings. The van der Waals surface area contributed by atoms with Gasteiger partial charge in [-0.15, -0.1) is 6.42 Å². The molecule has 0 radical (unpaired) electrons. The number of rotatable bonds is 4. The molecule has 1 aliphatic carbocycles. The fourth-order valence-corrected chi connectivity index (χ4v) is 6.06. The van der Waals surface area contributed by atoms with Crippen molar-refractivity contribution >= 4 is 27.3 Å². The van der Waals surface area contributed by atoms with Crippen molar-refractivity contribution in [3.8, 4) is 12.3 Å². The molecule has 178 valence electrons. The Labute approximate surface area is 192 Å². The van der Waals surface area contributed by atoms with Crippen LogP contribution in [0.5, 0.6) is 0 Å². The summed E-state index contributed by atoms with van der Waals surface area (Å²) in [6, 6.07) is 4.04. The number of nitrogens with two attached hydrogens (primary N) is 1. The predicted molar refractivity (Wildman–Crippen MR) is 116 cm³/mol. The molecule has 1 unspecified atom stereocenters. The zero-order valence-corrected chi connectivity index (χ0v) is 18.5. The lowest BCUT2D eigenvalue weighted by atomic mass is 9.90. The average Bonchev–Trinajstić information content (AvgIpc) is 3.60. The number of terminal acetylenes is 1. The van der Waals surface area contributed by atoms with Gasteiger partial charge in [-0.25, -0.2) is 31.0 Å². The number of aryl methyl sites for hydroxylation is 1. The van der Waals surface area contributed by atoms with Gasteiger partial charge in [-0.2, -0.15) is 0 Å². The van der Waals surface area contributed by atoms with E-state index in [4.69, 9.17) is 12.2 Å². The maximum Gasteiger partial charge on any atom is 0.274 e. The van der Waals surface area contributed by atoms with E-state index in [1.165, 1.54) is 6.92 Å². The number of hydrogen-bond acceptors (Lipinski definition) is 6. The molecule has 34 heavy (non-hydrogen) atoms. The summed E-state index contributed by atoms with van der Waals surface area (Å²) in [7, 11) is -4.55. The van der Waals surface area contributed by atoms with Crippen LogP contribution in [0.3, 0.4) is 0 Å². The van der Waals surface area contributed by atoms with Crippen molar-refractivity contribution in [2.45, 2.75) is 42.0 Å². The molecule has 2 atom stereocenters. The molecule has 7 nitrogen and oxygen atoms in total. The van der Waals surface area contributed by atoms with Gasteiger partial charge >= 0.3 is 0 Å². The normalized spacial score (nSPS) is 24.4. The Hall–Kier alpha value is -3.46. The first-order chi connectivity index (χ1) is 15.9. The minimum Gasteiger partial charge on any atom is -0.386 e. The molecule has 1 saturated carbocycles. The second-order valence-corrected chi connectivity index (χ2v) is 10.4. The summed E-state index contributed by atoms with van der Waals surface area (Å²) < 4.78 is 80.0. The number of anilines is 1. The van der Waals surface area contributed by atoms with Crippen molar-refractivity contribution in [2.24, 2.45) is 10.7 Å². The van der Waals surface area contributed by atoms with Crippen molar-refractivity contribution in [1.82, 2.24) is 4.98 Å². The lowest BCUT2D eigenvalue weighted by molar-refractivity contribution is 0.102. The minimum absolute atomic E-state index is 0.0831. The van der Waals surface area contributed by atoms with E-state index in [2.05, 4.69) is 15.3 Å². The van der Waals surface area contributed by atoms with Gasteiger partial charge in [0.25, 0.3) is 12.3 Å². The van der Waals surface area contributed by atoms with E-state index in [0.717, 1.165) is 30.5 Å². The number of carbonyl (C=O) groups excluding carboxylic acids is 1. The smallest absolute Gasteiger partial charge is 0.274 e. The zero-order valence-electron chi connectivity index (χ0n) is 17.6. The van der Waals surface area contributed by atoms with Gasteiger partial charge in [0.1, 0.15) is 22.1 Å². The zero-order chi connectivity index (χ0) is 25.1. The van der Waals surface area contributed by atoms with Crippen LogP contribution in [0.1, 0.15) is 46.4 Å². The SMILES string of the molecule is C#C[C@]1(c2cc(NC(=O)c3ncc(C(F)F)cc3C)ccc2F)N=C(N)C2(CC2)S(=O)(=O)C1F. The van der Waals surface area contributed by atoms with Gasteiger partial charge in [0.05, 0.1) is 0 Å². The van der Waals surface area contributed by atoms with Crippen LogP contribution in [0.25, 0.3) is 0 Å². The van der Waals surface area contributed by atoms with Crippen LogP contribution in [-0.2, 0) is 15.4 Å². The van der Waals surface area contributed by atoms with Gasteiger partial charge in [-0.3, -0.25) is 9.78 Å².